The molecule has 1 heterocycles. The van der Waals surface area contributed by atoms with Crippen molar-refractivity contribution in [3.63, 3.8) is 0 Å². The zero-order valence-electron chi connectivity index (χ0n) is 11.3. The van der Waals surface area contributed by atoms with Gasteiger partial charge in [-0.25, -0.2) is 9.37 Å². The molecule has 0 bridgehead atoms. The van der Waals surface area contributed by atoms with Crippen LogP contribution in [-0.2, 0) is 6.54 Å². The largest absolute Gasteiger partial charge is 0.369 e. The van der Waals surface area contributed by atoms with Gasteiger partial charge in [-0.2, -0.15) is 11.8 Å². The van der Waals surface area contributed by atoms with E-state index in [1.807, 2.05) is 38.9 Å². The zero-order chi connectivity index (χ0) is 14.3. The van der Waals surface area contributed by atoms with Crippen LogP contribution in [0.5, 0.6) is 0 Å². The van der Waals surface area contributed by atoms with E-state index >= 15 is 0 Å². The SMILES string of the molecule is CSC1(Cn2c(N)nc3cc(I)c(F)cc32)CCCC1. The van der Waals surface area contributed by atoms with Crippen LogP contribution in [0.4, 0.5) is 10.3 Å². The Kier molecular flexibility index (Phi) is 3.87. The molecule has 1 aliphatic carbocycles. The second-order valence-corrected chi connectivity index (χ2v) is 7.84. The Hall–Kier alpha value is -0.500. The minimum absolute atomic E-state index is 0.205. The standard InChI is InChI=1S/C14H17FIN3S/c1-20-14(4-2-3-5-14)8-19-12-6-9(15)10(16)7-11(12)18-13(19)17/h6-7H,2-5,8H2,1H3,(H2,17,18). The first-order valence-corrected chi connectivity index (χ1v) is 9.01. The van der Waals surface area contributed by atoms with Gasteiger partial charge in [0.15, 0.2) is 0 Å². The number of aromatic nitrogens is 2. The quantitative estimate of drug-likeness (QED) is 0.785. The molecule has 0 atom stereocenters. The molecule has 3 rings (SSSR count). The fourth-order valence-corrected chi connectivity index (χ4v) is 4.45. The van der Waals surface area contributed by atoms with Crippen molar-refractivity contribution in [1.82, 2.24) is 9.55 Å². The lowest BCUT2D eigenvalue weighted by molar-refractivity contribution is 0.517. The number of thioether (sulfide) groups is 1. The molecule has 2 aromatic rings. The van der Waals surface area contributed by atoms with Gasteiger partial charge in [0, 0.05) is 17.4 Å². The van der Waals surface area contributed by atoms with Gasteiger partial charge in [-0.05, 0) is 47.8 Å². The van der Waals surface area contributed by atoms with E-state index in [0.717, 1.165) is 17.6 Å². The highest BCUT2D eigenvalue weighted by atomic mass is 127. The van der Waals surface area contributed by atoms with Crippen molar-refractivity contribution in [2.45, 2.75) is 37.0 Å². The van der Waals surface area contributed by atoms with E-state index in [-0.39, 0.29) is 10.6 Å². The van der Waals surface area contributed by atoms with Crippen LogP contribution in [0.25, 0.3) is 11.0 Å². The zero-order valence-corrected chi connectivity index (χ0v) is 14.3. The van der Waals surface area contributed by atoms with Gasteiger partial charge in [-0.1, -0.05) is 12.8 Å². The minimum atomic E-state index is -0.205. The summed E-state index contributed by atoms with van der Waals surface area (Å²) in [6.07, 6.45) is 7.07. The van der Waals surface area contributed by atoms with Crippen LogP contribution in [-0.4, -0.2) is 20.6 Å². The molecule has 0 aliphatic heterocycles. The van der Waals surface area contributed by atoms with E-state index in [1.54, 1.807) is 12.1 Å². The van der Waals surface area contributed by atoms with E-state index in [0.29, 0.717) is 9.52 Å². The number of nitrogens with two attached hydrogens (primary N) is 1. The minimum Gasteiger partial charge on any atom is -0.369 e. The third kappa shape index (κ3) is 2.41. The normalized spacial score (nSPS) is 17.9. The number of anilines is 1. The van der Waals surface area contributed by atoms with Crippen molar-refractivity contribution in [2.24, 2.45) is 0 Å². The molecule has 0 amide bonds. The number of nitrogens with zero attached hydrogens (tertiary/aromatic N) is 2. The maximum Gasteiger partial charge on any atom is 0.201 e. The average molecular weight is 405 g/mol. The van der Waals surface area contributed by atoms with Crippen molar-refractivity contribution >= 4 is 51.3 Å². The Labute approximate surface area is 135 Å². The molecular weight excluding hydrogens is 388 g/mol. The molecule has 2 N–H and O–H groups in total. The maximum atomic E-state index is 13.8. The Morgan fingerprint density at radius 1 is 1.45 bits per heavy atom. The van der Waals surface area contributed by atoms with Gasteiger partial charge in [0.05, 0.1) is 14.6 Å². The summed E-state index contributed by atoms with van der Waals surface area (Å²) in [6, 6.07) is 3.32. The third-order valence-electron chi connectivity index (χ3n) is 4.21. The molecule has 1 saturated carbocycles. The Bertz CT molecular complexity index is 649. The van der Waals surface area contributed by atoms with Gasteiger partial charge < -0.3 is 10.3 Å². The fourth-order valence-electron chi connectivity index (χ4n) is 3.04. The van der Waals surface area contributed by atoms with Gasteiger partial charge >= 0.3 is 0 Å². The van der Waals surface area contributed by atoms with E-state index in [9.17, 15) is 4.39 Å². The summed E-state index contributed by atoms with van der Waals surface area (Å²) in [6.45, 7) is 0.816. The lowest BCUT2D eigenvalue weighted by atomic mass is 10.1. The molecule has 1 aliphatic rings. The van der Waals surface area contributed by atoms with Crippen molar-refractivity contribution < 1.29 is 4.39 Å². The molecule has 0 unspecified atom stereocenters. The number of hydrogen-bond donors (Lipinski definition) is 1. The molecule has 3 nitrogen and oxygen atoms in total. The van der Waals surface area contributed by atoms with Gasteiger partial charge in [-0.15, -0.1) is 0 Å². The summed E-state index contributed by atoms with van der Waals surface area (Å²) < 4.78 is 16.6. The van der Waals surface area contributed by atoms with E-state index in [4.69, 9.17) is 5.73 Å². The monoisotopic (exact) mass is 405 g/mol. The summed E-state index contributed by atoms with van der Waals surface area (Å²) in [5.74, 6) is 0.283. The predicted octanol–water partition coefficient (Wildman–Crippen LogP) is 4.04. The molecule has 1 aromatic heterocycles. The molecule has 0 radical (unpaired) electrons. The summed E-state index contributed by atoms with van der Waals surface area (Å²) in [7, 11) is 0. The smallest absolute Gasteiger partial charge is 0.201 e. The second kappa shape index (κ2) is 5.36. The lowest BCUT2D eigenvalue weighted by Gasteiger charge is -2.27. The van der Waals surface area contributed by atoms with Crippen molar-refractivity contribution in [2.75, 3.05) is 12.0 Å². The molecule has 6 heteroatoms. The van der Waals surface area contributed by atoms with Crippen molar-refractivity contribution in [3.8, 4) is 0 Å². The topological polar surface area (TPSA) is 43.8 Å². The summed E-state index contributed by atoms with van der Waals surface area (Å²) in [4.78, 5) is 4.38. The van der Waals surface area contributed by atoms with Crippen LogP contribution in [0.3, 0.4) is 0 Å². The maximum absolute atomic E-state index is 13.8. The highest BCUT2D eigenvalue weighted by Gasteiger charge is 2.34. The number of imidazole rings is 1. The summed E-state index contributed by atoms with van der Waals surface area (Å²) >= 11 is 3.89. The van der Waals surface area contributed by atoms with Crippen LogP contribution in [0.2, 0.25) is 0 Å². The molecule has 108 valence electrons. The highest BCUT2D eigenvalue weighted by Crippen LogP contribution is 2.42. The molecule has 1 fully saturated rings. The molecule has 0 saturated heterocycles. The van der Waals surface area contributed by atoms with E-state index in [1.165, 1.54) is 25.7 Å². The number of fused-ring (bicyclic) bond motifs is 1. The Morgan fingerprint density at radius 2 is 2.15 bits per heavy atom. The Balaban J connectivity index is 2.06. The lowest BCUT2D eigenvalue weighted by Crippen LogP contribution is -2.27. The average Bonchev–Trinajstić information content (AvgIpc) is 2.99. The number of nitrogen functional groups attached to an aromatic ring is 1. The van der Waals surface area contributed by atoms with Gasteiger partial charge in [0.1, 0.15) is 5.82 Å². The van der Waals surface area contributed by atoms with Crippen LogP contribution < -0.4 is 5.73 Å². The van der Waals surface area contributed by atoms with Gasteiger partial charge in [0.25, 0.3) is 0 Å². The number of halogens is 2. The fraction of sp³-hybridized carbons (Fsp3) is 0.500. The first kappa shape index (κ1) is 14.4. The molecule has 1 aromatic carbocycles. The second-order valence-electron chi connectivity index (χ2n) is 5.41. The molecule has 20 heavy (non-hydrogen) atoms. The number of hydrogen-bond acceptors (Lipinski definition) is 3. The number of benzene rings is 1. The third-order valence-corrected chi connectivity index (χ3v) is 6.44. The predicted molar refractivity (Wildman–Crippen MR) is 91.5 cm³/mol. The van der Waals surface area contributed by atoms with Crippen molar-refractivity contribution in [3.05, 3.63) is 21.5 Å². The molecule has 0 spiro atoms. The first-order chi connectivity index (χ1) is 9.54. The summed E-state index contributed by atoms with van der Waals surface area (Å²) in [5.41, 5.74) is 7.65. The Morgan fingerprint density at radius 3 is 2.80 bits per heavy atom. The van der Waals surface area contributed by atoms with Crippen LogP contribution in [0, 0.1) is 9.39 Å². The molecular formula is C14H17FIN3S. The first-order valence-electron chi connectivity index (χ1n) is 6.71. The van der Waals surface area contributed by atoms with Gasteiger partial charge in [0.2, 0.25) is 5.95 Å². The van der Waals surface area contributed by atoms with E-state index < -0.39 is 0 Å². The van der Waals surface area contributed by atoms with Gasteiger partial charge in [-0.3, -0.25) is 0 Å². The number of rotatable bonds is 3. The van der Waals surface area contributed by atoms with Crippen molar-refractivity contribution in [1.29, 1.82) is 0 Å². The van der Waals surface area contributed by atoms with E-state index in [2.05, 4.69) is 11.2 Å². The van der Waals surface area contributed by atoms with Crippen LogP contribution in [0.15, 0.2) is 12.1 Å². The van der Waals surface area contributed by atoms with Crippen LogP contribution in [0.1, 0.15) is 25.7 Å². The highest BCUT2D eigenvalue weighted by molar-refractivity contribution is 14.1. The van der Waals surface area contributed by atoms with Crippen LogP contribution >= 0.6 is 34.4 Å². The summed E-state index contributed by atoms with van der Waals surface area (Å²) in [5, 5.41) is 0.